The van der Waals surface area contributed by atoms with Crippen LogP contribution in [0.25, 0.3) is 110 Å². The van der Waals surface area contributed by atoms with E-state index in [4.69, 9.17) is 35.4 Å². The molecule has 0 bridgehead atoms. The van der Waals surface area contributed by atoms with Crippen molar-refractivity contribution in [2.45, 2.75) is 0 Å². The zero-order valence-corrected chi connectivity index (χ0v) is 27.6. The molecule has 11 aromatic rings. The van der Waals surface area contributed by atoms with Crippen molar-refractivity contribution >= 4 is 87.8 Å². The Morgan fingerprint density at radius 3 is 1.71 bits per heavy atom. The van der Waals surface area contributed by atoms with Crippen LogP contribution >= 0.6 is 11.6 Å². The van der Waals surface area contributed by atoms with Crippen molar-refractivity contribution in [3.05, 3.63) is 151 Å². The lowest BCUT2D eigenvalue weighted by Crippen LogP contribution is -2.01. The summed E-state index contributed by atoms with van der Waals surface area (Å²) in [6.45, 7) is 0. The van der Waals surface area contributed by atoms with Crippen molar-refractivity contribution in [2.75, 3.05) is 0 Å². The lowest BCUT2D eigenvalue weighted by Gasteiger charge is -2.12. The van der Waals surface area contributed by atoms with Gasteiger partial charge in [-0.3, -0.25) is 0 Å². The Morgan fingerprint density at radius 1 is 0.373 bits per heavy atom. The van der Waals surface area contributed by atoms with Gasteiger partial charge < -0.3 is 8.83 Å². The topological polar surface area (TPSA) is 65.0 Å². The van der Waals surface area contributed by atoms with Crippen LogP contribution in [0.3, 0.4) is 0 Å². The number of rotatable bonds is 3. The summed E-state index contributed by atoms with van der Waals surface area (Å²) in [5, 5.41) is 11.6. The molecule has 0 radical (unpaired) electrons. The first-order chi connectivity index (χ1) is 25.2. The van der Waals surface area contributed by atoms with E-state index in [-0.39, 0.29) is 0 Å². The second-order valence-electron chi connectivity index (χ2n) is 12.9. The molecule has 3 aromatic heterocycles. The van der Waals surface area contributed by atoms with Gasteiger partial charge in [-0.1, -0.05) is 115 Å². The highest BCUT2D eigenvalue weighted by Gasteiger charge is 2.21. The lowest BCUT2D eigenvalue weighted by molar-refractivity contribution is 0.668. The number of hydrogen-bond acceptors (Lipinski definition) is 5. The van der Waals surface area contributed by atoms with Gasteiger partial charge in [0, 0.05) is 49.3 Å². The van der Waals surface area contributed by atoms with E-state index in [0.717, 1.165) is 65.8 Å². The van der Waals surface area contributed by atoms with E-state index < -0.39 is 0 Å². The third-order valence-corrected chi connectivity index (χ3v) is 10.2. The molecule has 8 aromatic carbocycles. The van der Waals surface area contributed by atoms with E-state index in [1.54, 1.807) is 0 Å². The van der Waals surface area contributed by atoms with Crippen molar-refractivity contribution in [1.82, 2.24) is 15.0 Å². The summed E-state index contributed by atoms with van der Waals surface area (Å²) in [5.74, 6) is 1.68. The molecule has 0 spiro atoms. The Balaban J connectivity index is 1.22. The van der Waals surface area contributed by atoms with Gasteiger partial charge in [-0.2, -0.15) is 0 Å². The molecule has 0 unspecified atom stereocenters. The van der Waals surface area contributed by atoms with E-state index in [0.29, 0.717) is 28.1 Å². The van der Waals surface area contributed by atoms with Crippen LogP contribution in [-0.4, -0.2) is 15.0 Å². The first-order valence-electron chi connectivity index (χ1n) is 16.8. The molecule has 0 atom stereocenters. The smallest absolute Gasteiger partial charge is 0.164 e. The Morgan fingerprint density at radius 2 is 0.941 bits per heavy atom. The molecule has 238 valence electrons. The average Bonchev–Trinajstić information content (AvgIpc) is 3.75. The van der Waals surface area contributed by atoms with Crippen LogP contribution in [0, 0.1) is 0 Å². The Hall–Kier alpha value is -6.56. The Bertz CT molecular complexity index is 3230. The van der Waals surface area contributed by atoms with Crippen molar-refractivity contribution in [2.24, 2.45) is 0 Å². The predicted octanol–water partition coefficient (Wildman–Crippen LogP) is 12.8. The highest BCUT2D eigenvalue weighted by molar-refractivity contribution is 6.31. The van der Waals surface area contributed by atoms with Crippen molar-refractivity contribution < 1.29 is 8.83 Å². The minimum atomic E-state index is 0.548. The first kappa shape index (κ1) is 28.3. The standard InChI is InChI=1S/C45H24ClN3O2/c46-29-21-22-32-39(24-29)51-38-14-6-11-34(42(32)38)45-48-43(47-44(49-45)33-10-5-13-37-41(33)31-9-3-4-12-36(31)50-37)28-20-17-26-16-19-27-18-15-25-7-1-2-8-30(25)40(27)35(26)23-28/h1-24H. The molecule has 0 amide bonds. The molecule has 0 N–H and O–H groups in total. The zero-order valence-electron chi connectivity index (χ0n) is 26.9. The second-order valence-corrected chi connectivity index (χ2v) is 13.3. The summed E-state index contributed by atoms with van der Waals surface area (Å²) >= 11 is 6.37. The van der Waals surface area contributed by atoms with Gasteiger partial charge in [0.2, 0.25) is 0 Å². The molecule has 0 aliphatic rings. The summed E-state index contributed by atoms with van der Waals surface area (Å²) in [4.78, 5) is 15.7. The lowest BCUT2D eigenvalue weighted by atomic mass is 9.95. The Kier molecular flexibility index (Phi) is 5.95. The van der Waals surface area contributed by atoms with E-state index in [9.17, 15) is 0 Å². The first-order valence-corrected chi connectivity index (χ1v) is 17.2. The molecular weight excluding hydrogens is 650 g/mol. The van der Waals surface area contributed by atoms with Gasteiger partial charge in [0.15, 0.2) is 17.5 Å². The number of furan rings is 2. The number of hydrogen-bond donors (Lipinski definition) is 0. The van der Waals surface area contributed by atoms with Crippen LogP contribution in [0.5, 0.6) is 0 Å². The molecule has 5 nitrogen and oxygen atoms in total. The number of para-hydroxylation sites is 1. The van der Waals surface area contributed by atoms with Gasteiger partial charge >= 0.3 is 0 Å². The van der Waals surface area contributed by atoms with Crippen molar-refractivity contribution in [1.29, 1.82) is 0 Å². The van der Waals surface area contributed by atoms with E-state index >= 15 is 0 Å². The SMILES string of the molecule is Clc1ccc2c(c1)oc1cccc(-c3nc(-c4ccc5ccc6ccc7ccccc7c6c5c4)nc(-c4cccc5oc6ccccc6c45)n3)c12. The monoisotopic (exact) mass is 673 g/mol. The molecule has 11 rings (SSSR count). The van der Waals surface area contributed by atoms with Crippen LogP contribution in [0.2, 0.25) is 5.02 Å². The average molecular weight is 674 g/mol. The molecular formula is C45H24ClN3O2. The summed E-state index contributed by atoms with van der Waals surface area (Å²) in [6, 6.07) is 49.6. The number of aromatic nitrogens is 3. The zero-order chi connectivity index (χ0) is 33.6. The van der Waals surface area contributed by atoms with Crippen LogP contribution in [0.15, 0.2) is 154 Å². The third kappa shape index (κ3) is 4.32. The van der Waals surface area contributed by atoms with Crippen molar-refractivity contribution in [3.8, 4) is 34.2 Å². The Labute approximate surface area is 295 Å². The molecule has 3 heterocycles. The number of fused-ring (bicyclic) bond motifs is 11. The van der Waals surface area contributed by atoms with Crippen LogP contribution in [-0.2, 0) is 0 Å². The van der Waals surface area contributed by atoms with Gasteiger partial charge in [0.05, 0.1) is 0 Å². The minimum Gasteiger partial charge on any atom is -0.456 e. The summed E-state index contributed by atoms with van der Waals surface area (Å²) in [5.41, 5.74) is 5.66. The summed E-state index contributed by atoms with van der Waals surface area (Å²) < 4.78 is 12.6. The molecule has 6 heteroatoms. The summed E-state index contributed by atoms with van der Waals surface area (Å²) in [7, 11) is 0. The molecule has 0 saturated carbocycles. The maximum atomic E-state index is 6.37. The predicted molar refractivity (Wildman–Crippen MR) is 208 cm³/mol. The van der Waals surface area contributed by atoms with E-state index in [1.165, 1.54) is 21.5 Å². The maximum absolute atomic E-state index is 6.37. The van der Waals surface area contributed by atoms with E-state index in [1.807, 2.05) is 66.7 Å². The maximum Gasteiger partial charge on any atom is 0.164 e. The fourth-order valence-electron chi connectivity index (χ4n) is 7.66. The highest BCUT2D eigenvalue weighted by Crippen LogP contribution is 2.40. The molecule has 0 saturated heterocycles. The van der Waals surface area contributed by atoms with Crippen LogP contribution < -0.4 is 0 Å². The van der Waals surface area contributed by atoms with Gasteiger partial charge in [-0.05, 0) is 68.7 Å². The fraction of sp³-hybridized carbons (Fsp3) is 0. The van der Waals surface area contributed by atoms with Crippen LogP contribution in [0.1, 0.15) is 0 Å². The van der Waals surface area contributed by atoms with Gasteiger partial charge in [-0.25, -0.2) is 15.0 Å². The quantitative estimate of drug-likeness (QED) is 0.175. The number of halogens is 1. The third-order valence-electron chi connectivity index (χ3n) is 9.96. The normalized spacial score (nSPS) is 12.0. The van der Waals surface area contributed by atoms with Crippen molar-refractivity contribution in [3.63, 3.8) is 0 Å². The van der Waals surface area contributed by atoms with Gasteiger partial charge in [0.1, 0.15) is 22.3 Å². The number of benzene rings is 8. The molecule has 0 fully saturated rings. The minimum absolute atomic E-state index is 0.548. The van der Waals surface area contributed by atoms with Gasteiger partial charge in [0.25, 0.3) is 0 Å². The molecule has 51 heavy (non-hydrogen) atoms. The largest absolute Gasteiger partial charge is 0.456 e. The fourth-order valence-corrected chi connectivity index (χ4v) is 7.82. The van der Waals surface area contributed by atoms with Crippen LogP contribution in [0.4, 0.5) is 0 Å². The molecule has 0 aliphatic heterocycles. The summed E-state index contributed by atoms with van der Waals surface area (Å²) in [6.07, 6.45) is 0. The van der Waals surface area contributed by atoms with Gasteiger partial charge in [-0.15, -0.1) is 0 Å². The highest BCUT2D eigenvalue weighted by atomic mass is 35.5. The van der Waals surface area contributed by atoms with E-state index in [2.05, 4.69) is 78.9 Å². The molecule has 0 aliphatic carbocycles. The second kappa shape index (κ2) is 10.7. The number of nitrogens with zero attached hydrogens (tertiary/aromatic N) is 3.